The number of carbonyl (C=O) groups is 1. The van der Waals surface area contributed by atoms with Gasteiger partial charge in [0.05, 0.1) is 29.6 Å². The number of nitrogens with zero attached hydrogens (tertiary/aromatic N) is 2. The fourth-order valence-electron chi connectivity index (χ4n) is 4.16. The molecule has 5 rings (SSSR count). The van der Waals surface area contributed by atoms with E-state index in [0.717, 1.165) is 47.2 Å². The third-order valence-electron chi connectivity index (χ3n) is 6.08. The van der Waals surface area contributed by atoms with Gasteiger partial charge in [-0.25, -0.2) is 4.98 Å². The zero-order chi connectivity index (χ0) is 22.9. The summed E-state index contributed by atoms with van der Waals surface area (Å²) in [6, 6.07) is 9.60. The monoisotopic (exact) mass is 479 g/mol. The van der Waals surface area contributed by atoms with Crippen LogP contribution in [0, 0.1) is 13.8 Å². The average Bonchev–Trinajstić information content (AvgIpc) is 3.46. The molecule has 4 aromatic rings. The second kappa shape index (κ2) is 9.19. The molecule has 1 N–H and O–H groups in total. The van der Waals surface area contributed by atoms with E-state index in [1.165, 1.54) is 27.8 Å². The molecule has 0 aliphatic heterocycles. The summed E-state index contributed by atoms with van der Waals surface area (Å²) in [5, 5.41) is 4.15. The summed E-state index contributed by atoms with van der Waals surface area (Å²) in [5.41, 5.74) is 4.19. The SMILES string of the molecule is Cc1ccc(-n2c(SCC(=O)NCc3ccco3)nc3sc4c(c3c2=O)CCCC4)cc1C. The van der Waals surface area contributed by atoms with E-state index in [-0.39, 0.29) is 17.2 Å². The van der Waals surface area contributed by atoms with Gasteiger partial charge in [0.2, 0.25) is 5.91 Å². The number of carbonyl (C=O) groups excluding carboxylic acids is 1. The molecule has 0 radical (unpaired) electrons. The lowest BCUT2D eigenvalue weighted by Gasteiger charge is -2.14. The number of aryl methyl sites for hydroxylation is 4. The molecule has 170 valence electrons. The zero-order valence-corrected chi connectivity index (χ0v) is 20.3. The van der Waals surface area contributed by atoms with E-state index in [4.69, 9.17) is 9.40 Å². The van der Waals surface area contributed by atoms with Crippen molar-refractivity contribution >= 4 is 39.2 Å². The molecule has 1 aromatic carbocycles. The Hall–Kier alpha value is -2.84. The third-order valence-corrected chi connectivity index (χ3v) is 8.20. The first-order chi connectivity index (χ1) is 16.0. The fraction of sp³-hybridized carbons (Fsp3) is 0.320. The number of fused-ring (bicyclic) bond motifs is 3. The highest BCUT2D eigenvalue weighted by Crippen LogP contribution is 2.35. The minimum absolute atomic E-state index is 0.0406. The van der Waals surface area contributed by atoms with Gasteiger partial charge in [-0.2, -0.15) is 0 Å². The number of thiophene rings is 1. The molecule has 0 atom stereocenters. The lowest BCUT2D eigenvalue weighted by Crippen LogP contribution is -2.26. The van der Waals surface area contributed by atoms with Crippen LogP contribution in [-0.2, 0) is 24.2 Å². The smallest absolute Gasteiger partial charge is 0.267 e. The molecule has 1 aliphatic carbocycles. The summed E-state index contributed by atoms with van der Waals surface area (Å²) in [5.74, 6) is 0.723. The van der Waals surface area contributed by atoms with Crippen molar-refractivity contribution in [2.75, 3.05) is 5.75 Å². The predicted octanol–water partition coefficient (Wildman–Crippen LogP) is 4.94. The first-order valence-electron chi connectivity index (χ1n) is 11.1. The molecule has 33 heavy (non-hydrogen) atoms. The standard InChI is InChI=1S/C25H25N3O3S2/c1-15-9-10-17(12-16(15)2)28-24(30)22-19-7-3-4-8-20(19)33-23(22)27-25(28)32-14-21(29)26-13-18-6-5-11-31-18/h5-6,9-12H,3-4,7-8,13-14H2,1-2H3,(H,26,29). The number of nitrogens with one attached hydrogen (secondary N) is 1. The molecule has 1 amide bonds. The predicted molar refractivity (Wildman–Crippen MR) is 133 cm³/mol. The lowest BCUT2D eigenvalue weighted by atomic mass is 9.97. The van der Waals surface area contributed by atoms with Gasteiger partial charge in [0.15, 0.2) is 5.16 Å². The number of benzene rings is 1. The Morgan fingerprint density at radius 1 is 1.21 bits per heavy atom. The Morgan fingerprint density at radius 2 is 2.06 bits per heavy atom. The van der Waals surface area contributed by atoms with Crippen LogP contribution in [0.15, 0.2) is 51.0 Å². The van der Waals surface area contributed by atoms with E-state index in [2.05, 4.69) is 12.2 Å². The maximum Gasteiger partial charge on any atom is 0.267 e. The molecule has 1 aliphatic rings. The van der Waals surface area contributed by atoms with Gasteiger partial charge in [-0.05, 0) is 80.5 Å². The van der Waals surface area contributed by atoms with Gasteiger partial charge in [0, 0.05) is 4.88 Å². The van der Waals surface area contributed by atoms with Crippen LogP contribution in [0.3, 0.4) is 0 Å². The Balaban J connectivity index is 1.52. The molecule has 8 heteroatoms. The highest BCUT2D eigenvalue weighted by molar-refractivity contribution is 7.99. The van der Waals surface area contributed by atoms with Crippen LogP contribution < -0.4 is 10.9 Å². The molecule has 0 bridgehead atoms. The van der Waals surface area contributed by atoms with Crippen molar-refractivity contribution in [1.82, 2.24) is 14.9 Å². The maximum absolute atomic E-state index is 13.8. The lowest BCUT2D eigenvalue weighted by molar-refractivity contribution is -0.118. The highest BCUT2D eigenvalue weighted by atomic mass is 32.2. The number of rotatable bonds is 6. The van der Waals surface area contributed by atoms with Crippen LogP contribution in [-0.4, -0.2) is 21.2 Å². The number of hydrogen-bond acceptors (Lipinski definition) is 6. The van der Waals surface area contributed by atoms with Crippen molar-refractivity contribution in [1.29, 1.82) is 0 Å². The van der Waals surface area contributed by atoms with E-state index in [0.29, 0.717) is 17.5 Å². The maximum atomic E-state index is 13.8. The van der Waals surface area contributed by atoms with Crippen LogP contribution in [0.25, 0.3) is 15.9 Å². The quantitative estimate of drug-likeness (QED) is 0.313. The van der Waals surface area contributed by atoms with Crippen molar-refractivity contribution in [2.45, 2.75) is 51.2 Å². The molecule has 3 aromatic heterocycles. The van der Waals surface area contributed by atoms with E-state index in [1.54, 1.807) is 28.2 Å². The van der Waals surface area contributed by atoms with E-state index >= 15 is 0 Å². The first-order valence-corrected chi connectivity index (χ1v) is 12.9. The second-order valence-electron chi connectivity index (χ2n) is 8.34. The topological polar surface area (TPSA) is 77.1 Å². The summed E-state index contributed by atoms with van der Waals surface area (Å²) >= 11 is 2.92. The summed E-state index contributed by atoms with van der Waals surface area (Å²) < 4.78 is 6.95. The number of thioether (sulfide) groups is 1. The summed E-state index contributed by atoms with van der Waals surface area (Å²) in [7, 11) is 0. The molecular formula is C25H25N3O3S2. The first kappa shape index (κ1) is 22.0. The summed E-state index contributed by atoms with van der Waals surface area (Å²) in [6.07, 6.45) is 5.78. The van der Waals surface area contributed by atoms with E-state index in [1.807, 2.05) is 31.2 Å². The third kappa shape index (κ3) is 4.37. The second-order valence-corrected chi connectivity index (χ2v) is 10.4. The summed E-state index contributed by atoms with van der Waals surface area (Å²) in [4.78, 5) is 33.3. The van der Waals surface area contributed by atoms with Gasteiger partial charge in [0.25, 0.3) is 5.56 Å². The van der Waals surface area contributed by atoms with E-state index < -0.39 is 0 Å². The molecule has 3 heterocycles. The number of amides is 1. The molecule has 0 fully saturated rings. The molecule has 0 spiro atoms. The molecule has 6 nitrogen and oxygen atoms in total. The minimum Gasteiger partial charge on any atom is -0.467 e. The van der Waals surface area contributed by atoms with Crippen LogP contribution in [0.5, 0.6) is 0 Å². The Kier molecular flexibility index (Phi) is 6.12. The molecule has 0 saturated carbocycles. The Bertz CT molecular complexity index is 1390. The van der Waals surface area contributed by atoms with Crippen LogP contribution in [0.1, 0.15) is 40.2 Å². The van der Waals surface area contributed by atoms with Crippen molar-refractivity contribution < 1.29 is 9.21 Å². The van der Waals surface area contributed by atoms with Gasteiger partial charge >= 0.3 is 0 Å². The number of aromatic nitrogens is 2. The van der Waals surface area contributed by atoms with Gasteiger partial charge in [-0.3, -0.25) is 14.2 Å². The largest absolute Gasteiger partial charge is 0.467 e. The van der Waals surface area contributed by atoms with Gasteiger partial charge in [-0.1, -0.05) is 17.8 Å². The number of furan rings is 1. The van der Waals surface area contributed by atoms with Gasteiger partial charge in [-0.15, -0.1) is 11.3 Å². The fourth-order valence-corrected chi connectivity index (χ4v) is 6.30. The molecule has 0 unspecified atom stereocenters. The van der Waals surface area contributed by atoms with Crippen LogP contribution in [0.4, 0.5) is 0 Å². The van der Waals surface area contributed by atoms with Crippen molar-refractivity contribution in [3.8, 4) is 5.69 Å². The van der Waals surface area contributed by atoms with Gasteiger partial charge < -0.3 is 9.73 Å². The Morgan fingerprint density at radius 3 is 2.85 bits per heavy atom. The Labute approximate surface area is 200 Å². The average molecular weight is 480 g/mol. The van der Waals surface area contributed by atoms with Crippen molar-refractivity contribution in [3.05, 3.63) is 74.3 Å². The summed E-state index contributed by atoms with van der Waals surface area (Å²) in [6.45, 7) is 4.43. The van der Waals surface area contributed by atoms with Crippen LogP contribution >= 0.6 is 23.1 Å². The van der Waals surface area contributed by atoms with Crippen LogP contribution in [0.2, 0.25) is 0 Å². The van der Waals surface area contributed by atoms with Gasteiger partial charge in [0.1, 0.15) is 10.6 Å². The highest BCUT2D eigenvalue weighted by Gasteiger charge is 2.23. The van der Waals surface area contributed by atoms with Crippen molar-refractivity contribution in [3.63, 3.8) is 0 Å². The zero-order valence-electron chi connectivity index (χ0n) is 18.6. The normalized spacial score (nSPS) is 13.3. The number of hydrogen-bond donors (Lipinski definition) is 1. The molecular weight excluding hydrogens is 454 g/mol. The minimum atomic E-state index is -0.136. The van der Waals surface area contributed by atoms with E-state index in [9.17, 15) is 9.59 Å². The van der Waals surface area contributed by atoms with Crippen molar-refractivity contribution in [2.24, 2.45) is 0 Å². The molecule has 0 saturated heterocycles.